The van der Waals surface area contributed by atoms with Crippen LogP contribution in [0.3, 0.4) is 0 Å². The normalized spacial score (nSPS) is 14.4. The van der Waals surface area contributed by atoms with Crippen molar-refractivity contribution in [3.8, 4) is 0 Å². The van der Waals surface area contributed by atoms with Gasteiger partial charge in [0.15, 0.2) is 0 Å². The van der Waals surface area contributed by atoms with Gasteiger partial charge in [0.2, 0.25) is 0 Å². The number of hydrogen-bond donors (Lipinski definition) is 0. The minimum absolute atomic E-state index is 0.482. The third-order valence-corrected chi connectivity index (χ3v) is 5.21. The predicted molar refractivity (Wildman–Crippen MR) is 59.3 cm³/mol. The van der Waals surface area contributed by atoms with Crippen LogP contribution in [0.1, 0.15) is 40.0 Å². The molecular formula is C10H23FO2Si. The van der Waals surface area contributed by atoms with E-state index >= 15 is 0 Å². The van der Waals surface area contributed by atoms with Crippen molar-refractivity contribution in [2.45, 2.75) is 52.4 Å². The highest BCUT2D eigenvalue weighted by atomic mass is 28.4. The Hall–Kier alpha value is 0.0669. The van der Waals surface area contributed by atoms with Gasteiger partial charge in [0.25, 0.3) is 0 Å². The predicted octanol–water partition coefficient (Wildman–Crippen LogP) is 3.20. The summed E-state index contributed by atoms with van der Waals surface area (Å²) in [7, 11) is -2.56. The van der Waals surface area contributed by atoms with Crippen molar-refractivity contribution in [3.63, 3.8) is 0 Å². The summed E-state index contributed by atoms with van der Waals surface area (Å²) in [5.74, 6) is -0.916. The quantitative estimate of drug-likeness (QED) is 0.587. The topological polar surface area (TPSA) is 18.5 Å². The molecule has 0 aromatic carbocycles. The Bertz CT molecular complexity index is 136. The van der Waals surface area contributed by atoms with Gasteiger partial charge in [-0.05, 0) is 25.8 Å². The highest BCUT2D eigenvalue weighted by Gasteiger charge is 2.40. The molecule has 0 bridgehead atoms. The Balaban J connectivity index is 4.16. The van der Waals surface area contributed by atoms with E-state index in [-0.39, 0.29) is 0 Å². The molecule has 0 radical (unpaired) electrons. The first-order valence-electron chi connectivity index (χ1n) is 5.52. The first-order valence-corrected chi connectivity index (χ1v) is 7.92. The zero-order valence-corrected chi connectivity index (χ0v) is 10.8. The van der Waals surface area contributed by atoms with Crippen LogP contribution in [-0.2, 0) is 8.85 Å². The monoisotopic (exact) mass is 222 g/mol. The van der Waals surface area contributed by atoms with Gasteiger partial charge in [-0.1, -0.05) is 20.8 Å². The van der Waals surface area contributed by atoms with Crippen LogP contribution in [0.4, 0.5) is 4.39 Å². The lowest BCUT2D eigenvalue weighted by atomic mass is 10.5. The lowest BCUT2D eigenvalue weighted by molar-refractivity contribution is 0.140. The SMILES string of the molecule is CCCO[Si](C)(OCCC)C(F)CC. The molecule has 0 aliphatic heterocycles. The molecule has 0 spiro atoms. The van der Waals surface area contributed by atoms with Crippen LogP contribution in [0, 0.1) is 0 Å². The van der Waals surface area contributed by atoms with Crippen molar-refractivity contribution in [3.05, 3.63) is 0 Å². The molecule has 0 fully saturated rings. The average Bonchev–Trinajstić information content (AvgIpc) is 2.22. The van der Waals surface area contributed by atoms with Crippen LogP contribution in [0.15, 0.2) is 0 Å². The Morgan fingerprint density at radius 1 is 1.07 bits per heavy atom. The van der Waals surface area contributed by atoms with Gasteiger partial charge in [-0.15, -0.1) is 0 Å². The Morgan fingerprint density at radius 2 is 1.50 bits per heavy atom. The molecule has 0 heterocycles. The molecule has 0 N–H and O–H groups in total. The third-order valence-electron chi connectivity index (χ3n) is 2.11. The second-order valence-corrected chi connectivity index (χ2v) is 6.82. The fraction of sp³-hybridized carbons (Fsp3) is 1.00. The van der Waals surface area contributed by atoms with Gasteiger partial charge in [-0.2, -0.15) is 0 Å². The van der Waals surface area contributed by atoms with Gasteiger partial charge in [-0.3, -0.25) is 0 Å². The summed E-state index contributed by atoms with van der Waals surface area (Å²) in [5, 5.41) is 0. The molecule has 4 heteroatoms. The van der Waals surface area contributed by atoms with Gasteiger partial charge in [0, 0.05) is 13.2 Å². The summed E-state index contributed by atoms with van der Waals surface area (Å²) in [6.45, 7) is 8.91. The molecule has 0 saturated carbocycles. The highest BCUT2D eigenvalue weighted by molar-refractivity contribution is 6.67. The molecule has 0 aliphatic carbocycles. The molecule has 0 saturated heterocycles. The summed E-state index contributed by atoms with van der Waals surface area (Å²) >= 11 is 0. The Kier molecular flexibility index (Phi) is 7.41. The van der Waals surface area contributed by atoms with E-state index in [1.165, 1.54) is 0 Å². The standard InChI is InChI=1S/C10H23FO2Si/c1-5-8-12-14(4,10(11)7-3)13-9-6-2/h10H,5-9H2,1-4H3. The summed E-state index contributed by atoms with van der Waals surface area (Å²) in [4.78, 5) is 0. The zero-order chi connectivity index (χ0) is 11.0. The van der Waals surface area contributed by atoms with E-state index in [1.807, 2.05) is 27.3 Å². The molecule has 0 aromatic rings. The molecule has 0 rings (SSSR count). The van der Waals surface area contributed by atoms with E-state index < -0.39 is 14.4 Å². The van der Waals surface area contributed by atoms with Crippen LogP contribution in [0.2, 0.25) is 6.55 Å². The summed E-state index contributed by atoms with van der Waals surface area (Å²) in [5.41, 5.74) is 0. The van der Waals surface area contributed by atoms with Crippen LogP contribution in [-0.4, -0.2) is 27.6 Å². The highest BCUT2D eigenvalue weighted by Crippen LogP contribution is 2.19. The fourth-order valence-electron chi connectivity index (χ4n) is 1.20. The summed E-state index contributed by atoms with van der Waals surface area (Å²) in [6, 6.07) is 0. The van der Waals surface area contributed by atoms with Crippen LogP contribution in [0.25, 0.3) is 0 Å². The minimum atomic E-state index is -2.56. The van der Waals surface area contributed by atoms with Crippen molar-refractivity contribution in [1.29, 1.82) is 0 Å². The van der Waals surface area contributed by atoms with Gasteiger partial charge >= 0.3 is 8.56 Å². The minimum Gasteiger partial charge on any atom is -0.393 e. The van der Waals surface area contributed by atoms with Gasteiger partial charge in [0.05, 0.1) is 0 Å². The fourth-order valence-corrected chi connectivity index (χ4v) is 3.61. The van der Waals surface area contributed by atoms with Crippen molar-refractivity contribution in [2.75, 3.05) is 13.2 Å². The lowest BCUT2D eigenvalue weighted by Crippen LogP contribution is -2.49. The summed E-state index contributed by atoms with van der Waals surface area (Å²) in [6.07, 6.45) is 2.30. The Labute approximate surface area is 88.0 Å². The average molecular weight is 222 g/mol. The Morgan fingerprint density at radius 3 is 1.79 bits per heavy atom. The lowest BCUT2D eigenvalue weighted by Gasteiger charge is -2.29. The number of hydrogen-bond acceptors (Lipinski definition) is 2. The maximum atomic E-state index is 13.6. The third kappa shape index (κ3) is 4.53. The first-order chi connectivity index (χ1) is 6.60. The van der Waals surface area contributed by atoms with Crippen molar-refractivity contribution < 1.29 is 13.2 Å². The molecular weight excluding hydrogens is 199 g/mol. The van der Waals surface area contributed by atoms with E-state index in [0.29, 0.717) is 19.6 Å². The maximum Gasteiger partial charge on any atom is 0.370 e. The van der Waals surface area contributed by atoms with Crippen molar-refractivity contribution >= 4 is 8.56 Å². The molecule has 1 atom stereocenters. The largest absolute Gasteiger partial charge is 0.393 e. The molecule has 0 amide bonds. The first kappa shape index (κ1) is 14.1. The number of halogens is 1. The van der Waals surface area contributed by atoms with E-state index in [9.17, 15) is 4.39 Å². The molecule has 0 aromatic heterocycles. The maximum absolute atomic E-state index is 13.6. The zero-order valence-electron chi connectivity index (χ0n) is 9.81. The summed E-state index contributed by atoms with van der Waals surface area (Å²) < 4.78 is 24.8. The number of rotatable bonds is 8. The molecule has 2 nitrogen and oxygen atoms in total. The van der Waals surface area contributed by atoms with Crippen LogP contribution in [0.5, 0.6) is 0 Å². The number of alkyl halides is 1. The van der Waals surface area contributed by atoms with Gasteiger partial charge in [-0.25, -0.2) is 4.39 Å². The molecule has 0 aliphatic rings. The smallest absolute Gasteiger partial charge is 0.370 e. The second kappa shape index (κ2) is 7.37. The van der Waals surface area contributed by atoms with Crippen molar-refractivity contribution in [1.82, 2.24) is 0 Å². The van der Waals surface area contributed by atoms with E-state index in [4.69, 9.17) is 8.85 Å². The van der Waals surface area contributed by atoms with E-state index in [1.54, 1.807) is 0 Å². The molecule has 14 heavy (non-hydrogen) atoms. The van der Waals surface area contributed by atoms with Gasteiger partial charge in [0.1, 0.15) is 5.79 Å². The molecule has 86 valence electrons. The molecule has 1 unspecified atom stereocenters. The van der Waals surface area contributed by atoms with E-state index in [0.717, 1.165) is 12.8 Å². The van der Waals surface area contributed by atoms with Crippen LogP contribution >= 0.6 is 0 Å². The van der Waals surface area contributed by atoms with Gasteiger partial charge < -0.3 is 8.85 Å². The van der Waals surface area contributed by atoms with Crippen LogP contribution < -0.4 is 0 Å². The van der Waals surface area contributed by atoms with Crippen molar-refractivity contribution in [2.24, 2.45) is 0 Å². The van der Waals surface area contributed by atoms with E-state index in [2.05, 4.69) is 0 Å². The second-order valence-electron chi connectivity index (χ2n) is 3.59.